The first-order valence-electron chi connectivity index (χ1n) is 5.50. The van der Waals surface area contributed by atoms with Crippen molar-refractivity contribution in [1.29, 1.82) is 0 Å². The Labute approximate surface area is 98.3 Å². The van der Waals surface area contributed by atoms with Gasteiger partial charge in [0.1, 0.15) is 6.17 Å². The summed E-state index contributed by atoms with van der Waals surface area (Å²) in [5.74, 6) is -2.07. The molecule has 0 aromatic rings. The molecule has 102 valence electrons. The third-order valence-electron chi connectivity index (χ3n) is 3.22. The minimum atomic E-state index is -4.66. The van der Waals surface area contributed by atoms with Crippen molar-refractivity contribution in [2.75, 3.05) is 0 Å². The SMILES string of the molecule is CC(C)S(=O)(=O)C1CCC(F)CC1C(F)(F)F. The molecule has 0 saturated heterocycles. The van der Waals surface area contributed by atoms with E-state index >= 15 is 0 Å². The summed E-state index contributed by atoms with van der Waals surface area (Å²) in [6, 6.07) is 0. The zero-order valence-electron chi connectivity index (χ0n) is 9.67. The van der Waals surface area contributed by atoms with Gasteiger partial charge in [-0.15, -0.1) is 0 Å². The van der Waals surface area contributed by atoms with E-state index < -0.39 is 45.0 Å². The van der Waals surface area contributed by atoms with Crippen molar-refractivity contribution in [3.8, 4) is 0 Å². The minimum Gasteiger partial charge on any atom is -0.247 e. The predicted molar refractivity (Wildman–Crippen MR) is 56.1 cm³/mol. The highest BCUT2D eigenvalue weighted by atomic mass is 32.2. The Kier molecular flexibility index (Phi) is 4.11. The molecule has 7 heteroatoms. The molecular formula is C10H16F4O2S. The summed E-state index contributed by atoms with van der Waals surface area (Å²) in [5, 5.41) is -2.36. The van der Waals surface area contributed by atoms with Crippen LogP contribution in [0.4, 0.5) is 17.6 Å². The molecular weight excluding hydrogens is 260 g/mol. The largest absolute Gasteiger partial charge is 0.393 e. The van der Waals surface area contributed by atoms with Gasteiger partial charge >= 0.3 is 6.18 Å². The summed E-state index contributed by atoms with van der Waals surface area (Å²) in [7, 11) is -3.84. The molecule has 3 atom stereocenters. The zero-order chi connectivity index (χ0) is 13.4. The lowest BCUT2D eigenvalue weighted by molar-refractivity contribution is -0.184. The van der Waals surface area contributed by atoms with E-state index in [1.165, 1.54) is 13.8 Å². The summed E-state index contributed by atoms with van der Waals surface area (Å²) in [6.07, 6.45) is -7.30. The summed E-state index contributed by atoms with van der Waals surface area (Å²) >= 11 is 0. The summed E-state index contributed by atoms with van der Waals surface area (Å²) < 4.78 is 74.9. The van der Waals surface area contributed by atoms with E-state index in [0.29, 0.717) is 0 Å². The molecule has 1 aliphatic carbocycles. The van der Waals surface area contributed by atoms with E-state index in [-0.39, 0.29) is 12.8 Å². The third kappa shape index (κ3) is 3.11. The van der Waals surface area contributed by atoms with Crippen LogP contribution in [0.15, 0.2) is 0 Å². The molecule has 0 amide bonds. The van der Waals surface area contributed by atoms with E-state index in [1.807, 2.05) is 0 Å². The quantitative estimate of drug-likeness (QED) is 0.727. The van der Waals surface area contributed by atoms with Crippen molar-refractivity contribution < 1.29 is 26.0 Å². The lowest BCUT2D eigenvalue weighted by Crippen LogP contribution is -2.46. The number of halogens is 4. The van der Waals surface area contributed by atoms with E-state index in [0.717, 1.165) is 0 Å². The molecule has 0 aromatic carbocycles. The smallest absolute Gasteiger partial charge is 0.247 e. The van der Waals surface area contributed by atoms with Crippen LogP contribution in [0.3, 0.4) is 0 Å². The standard InChI is InChI=1S/C10H16F4O2S/c1-6(2)17(15,16)9-4-3-7(11)5-8(9)10(12,13)14/h6-9H,3-5H2,1-2H3. The maximum absolute atomic E-state index is 13.0. The monoisotopic (exact) mass is 276 g/mol. The van der Waals surface area contributed by atoms with Crippen LogP contribution < -0.4 is 0 Å². The van der Waals surface area contributed by atoms with Crippen molar-refractivity contribution in [2.24, 2.45) is 5.92 Å². The van der Waals surface area contributed by atoms with Crippen molar-refractivity contribution in [2.45, 2.75) is 56.0 Å². The van der Waals surface area contributed by atoms with Crippen LogP contribution in [0.5, 0.6) is 0 Å². The second-order valence-corrected chi connectivity index (χ2v) is 7.46. The number of sulfone groups is 1. The van der Waals surface area contributed by atoms with Crippen molar-refractivity contribution in [3.05, 3.63) is 0 Å². The lowest BCUT2D eigenvalue weighted by atomic mass is 9.87. The Morgan fingerprint density at radius 3 is 2.12 bits per heavy atom. The van der Waals surface area contributed by atoms with Gasteiger partial charge in [-0.25, -0.2) is 12.8 Å². The maximum atomic E-state index is 13.0. The molecule has 0 aliphatic heterocycles. The average Bonchev–Trinajstić information content (AvgIpc) is 2.15. The first-order chi connectivity index (χ1) is 7.56. The Morgan fingerprint density at radius 1 is 1.18 bits per heavy atom. The molecule has 0 radical (unpaired) electrons. The predicted octanol–water partition coefficient (Wildman–Crippen LogP) is 2.88. The second-order valence-electron chi connectivity index (χ2n) is 4.73. The van der Waals surface area contributed by atoms with E-state index in [4.69, 9.17) is 0 Å². The summed E-state index contributed by atoms with van der Waals surface area (Å²) in [5.41, 5.74) is 0. The van der Waals surface area contributed by atoms with Gasteiger partial charge in [-0.05, 0) is 33.1 Å². The Balaban J connectivity index is 3.05. The Morgan fingerprint density at radius 2 is 1.71 bits per heavy atom. The molecule has 0 spiro atoms. The molecule has 17 heavy (non-hydrogen) atoms. The van der Waals surface area contributed by atoms with Gasteiger partial charge < -0.3 is 0 Å². The van der Waals surface area contributed by atoms with E-state index in [1.54, 1.807) is 0 Å². The number of hydrogen-bond acceptors (Lipinski definition) is 2. The molecule has 0 heterocycles. The second kappa shape index (κ2) is 4.74. The number of hydrogen-bond donors (Lipinski definition) is 0. The van der Waals surface area contributed by atoms with E-state index in [2.05, 4.69) is 0 Å². The molecule has 1 saturated carbocycles. The molecule has 1 rings (SSSR count). The topological polar surface area (TPSA) is 34.1 Å². The fraction of sp³-hybridized carbons (Fsp3) is 1.00. The zero-order valence-corrected chi connectivity index (χ0v) is 10.5. The van der Waals surface area contributed by atoms with Gasteiger partial charge in [0, 0.05) is 0 Å². The van der Waals surface area contributed by atoms with Gasteiger partial charge in [0.25, 0.3) is 0 Å². The first-order valence-corrected chi connectivity index (χ1v) is 7.11. The van der Waals surface area contributed by atoms with Crippen LogP contribution >= 0.6 is 0 Å². The normalized spacial score (nSPS) is 31.8. The number of rotatable bonds is 2. The Hall–Kier alpha value is -0.330. The van der Waals surface area contributed by atoms with E-state index in [9.17, 15) is 26.0 Å². The van der Waals surface area contributed by atoms with Crippen molar-refractivity contribution >= 4 is 9.84 Å². The van der Waals surface area contributed by atoms with Gasteiger partial charge in [-0.3, -0.25) is 0 Å². The third-order valence-corrected chi connectivity index (χ3v) is 5.94. The maximum Gasteiger partial charge on any atom is 0.393 e. The molecule has 1 fully saturated rings. The fourth-order valence-electron chi connectivity index (χ4n) is 2.18. The minimum absolute atomic E-state index is 0.108. The average molecular weight is 276 g/mol. The molecule has 3 unspecified atom stereocenters. The fourth-order valence-corrected chi connectivity index (χ4v) is 4.07. The lowest BCUT2D eigenvalue weighted by Gasteiger charge is -2.35. The number of alkyl halides is 4. The molecule has 0 bridgehead atoms. The molecule has 2 nitrogen and oxygen atoms in total. The first kappa shape index (κ1) is 14.7. The molecule has 1 aliphatic rings. The summed E-state index contributed by atoms with van der Waals surface area (Å²) in [4.78, 5) is 0. The Bertz CT molecular complexity index is 361. The highest BCUT2D eigenvalue weighted by Gasteiger charge is 2.52. The summed E-state index contributed by atoms with van der Waals surface area (Å²) in [6.45, 7) is 2.70. The van der Waals surface area contributed by atoms with Gasteiger partial charge in [-0.1, -0.05) is 0 Å². The van der Waals surface area contributed by atoms with Crippen LogP contribution in [-0.2, 0) is 9.84 Å². The highest BCUT2D eigenvalue weighted by molar-refractivity contribution is 7.92. The van der Waals surface area contributed by atoms with Crippen LogP contribution in [-0.4, -0.2) is 31.3 Å². The van der Waals surface area contributed by atoms with Gasteiger partial charge in [-0.2, -0.15) is 13.2 Å². The van der Waals surface area contributed by atoms with Crippen LogP contribution in [0.2, 0.25) is 0 Å². The van der Waals surface area contributed by atoms with Crippen molar-refractivity contribution in [1.82, 2.24) is 0 Å². The van der Waals surface area contributed by atoms with Crippen molar-refractivity contribution in [3.63, 3.8) is 0 Å². The van der Waals surface area contributed by atoms with Gasteiger partial charge in [0.2, 0.25) is 0 Å². The van der Waals surface area contributed by atoms with Crippen LogP contribution in [0, 0.1) is 5.92 Å². The highest BCUT2D eigenvalue weighted by Crippen LogP contribution is 2.42. The molecule has 0 aromatic heterocycles. The van der Waals surface area contributed by atoms with Gasteiger partial charge in [0.05, 0.1) is 16.4 Å². The van der Waals surface area contributed by atoms with Crippen LogP contribution in [0.25, 0.3) is 0 Å². The van der Waals surface area contributed by atoms with Gasteiger partial charge in [0.15, 0.2) is 9.84 Å². The molecule has 0 N–H and O–H groups in total. The van der Waals surface area contributed by atoms with Crippen LogP contribution in [0.1, 0.15) is 33.1 Å².